The summed E-state index contributed by atoms with van der Waals surface area (Å²) in [5.41, 5.74) is 5.35. The second kappa shape index (κ2) is 14.8. The van der Waals surface area contributed by atoms with E-state index in [0.29, 0.717) is 22.5 Å². The summed E-state index contributed by atoms with van der Waals surface area (Å²) in [7, 11) is 1.28. The topological polar surface area (TPSA) is 266 Å². The number of nitrogens with zero attached hydrogens (tertiary/aromatic N) is 4. The molecule has 3 aromatic heterocycles. The molecule has 0 aromatic carbocycles. The van der Waals surface area contributed by atoms with Gasteiger partial charge in [-0.2, -0.15) is 4.98 Å². The first kappa shape index (κ1) is 34.9. The maximum Gasteiger partial charge on any atom is 0.509 e. The molecule has 3 aromatic rings. The van der Waals surface area contributed by atoms with E-state index in [1.54, 1.807) is 24.7 Å². The lowest BCUT2D eigenvalue weighted by Gasteiger charge is -2.27. The van der Waals surface area contributed by atoms with Crippen LogP contribution in [0, 0.1) is 0 Å². The number of aromatic amines is 2. The van der Waals surface area contributed by atoms with Crippen molar-refractivity contribution in [1.29, 1.82) is 0 Å². The van der Waals surface area contributed by atoms with Crippen LogP contribution in [0.4, 0.5) is 10.6 Å². The third-order valence-corrected chi connectivity index (χ3v) is 10.5. The minimum Gasteiger partial charge on any atom is -0.432 e. The Balaban J connectivity index is 1.34. The van der Waals surface area contributed by atoms with Gasteiger partial charge in [0, 0.05) is 37.2 Å². The number of carbonyl (C=O) groups is 1. The van der Waals surface area contributed by atoms with Crippen molar-refractivity contribution < 1.29 is 56.9 Å². The number of anilines is 1. The molecule has 0 spiro atoms. The van der Waals surface area contributed by atoms with Crippen molar-refractivity contribution in [1.82, 2.24) is 24.5 Å². The lowest BCUT2D eigenvalue weighted by molar-refractivity contribution is -0.738. The number of carbonyl (C=O) groups excluding carboxylic acids is 1. The minimum atomic E-state index is -4.38. The highest BCUT2D eigenvalue weighted by atomic mass is 32.7. The Kier molecular flexibility index (Phi) is 11.0. The number of nitrogens with one attached hydrogen (secondary N) is 2. The van der Waals surface area contributed by atoms with E-state index in [-0.39, 0.29) is 12.2 Å². The molecule has 0 saturated carbocycles. The first-order valence-corrected chi connectivity index (χ1v) is 17.4. The Morgan fingerprint density at radius 2 is 2.06 bits per heavy atom. The fourth-order valence-corrected chi connectivity index (χ4v) is 7.83. The average Bonchev–Trinajstić information content (AvgIpc) is 3.71. The molecule has 0 bridgehead atoms. The second-order valence-electron chi connectivity index (χ2n) is 10.7. The van der Waals surface area contributed by atoms with Gasteiger partial charge in [0.05, 0.1) is 25.4 Å². The molecule has 258 valence electrons. The molecule has 0 amide bonds. The van der Waals surface area contributed by atoms with Crippen LogP contribution in [0.3, 0.4) is 0 Å². The smallest absolute Gasteiger partial charge is 0.432 e. The van der Waals surface area contributed by atoms with Gasteiger partial charge in [-0.15, -0.1) is 0 Å². The summed E-state index contributed by atoms with van der Waals surface area (Å²) in [5.74, 6) is -0.315. The average molecular weight is 705 g/mol. The van der Waals surface area contributed by atoms with Gasteiger partial charge in [0.25, 0.3) is 5.56 Å². The predicted molar refractivity (Wildman–Crippen MR) is 160 cm³/mol. The Bertz CT molecular complexity index is 1720. The van der Waals surface area contributed by atoms with Gasteiger partial charge in [0.2, 0.25) is 5.52 Å². The monoisotopic (exact) mass is 704 g/mol. The number of imidazole rings is 1. The van der Waals surface area contributed by atoms with E-state index in [1.165, 1.54) is 19.6 Å². The molecule has 22 heteroatoms. The van der Waals surface area contributed by atoms with Crippen molar-refractivity contribution in [3.8, 4) is 0 Å². The van der Waals surface area contributed by atoms with Crippen molar-refractivity contribution in [3.05, 3.63) is 45.8 Å². The number of aliphatic hydroxyl groups is 2. The number of hydrogen-bond acceptors (Lipinski definition) is 17. The molecule has 2 fully saturated rings. The number of methoxy groups -OCH3 is 1. The van der Waals surface area contributed by atoms with Gasteiger partial charge in [-0.1, -0.05) is 4.98 Å². The van der Waals surface area contributed by atoms with Gasteiger partial charge >= 0.3 is 24.3 Å². The van der Waals surface area contributed by atoms with Gasteiger partial charge in [-0.25, -0.2) is 18.7 Å². The third-order valence-electron chi connectivity index (χ3n) is 7.19. The quantitative estimate of drug-likeness (QED) is 0.0661. The molecule has 0 radical (unpaired) electrons. The van der Waals surface area contributed by atoms with E-state index < -0.39 is 92.4 Å². The minimum absolute atomic E-state index is 0.114. The molecule has 5 rings (SSSR count). The van der Waals surface area contributed by atoms with Gasteiger partial charge in [-0.3, -0.25) is 28.4 Å². The van der Waals surface area contributed by atoms with Crippen LogP contribution in [-0.4, -0.2) is 104 Å². The molecule has 2 saturated heterocycles. The van der Waals surface area contributed by atoms with Gasteiger partial charge in [0.1, 0.15) is 24.4 Å². The van der Waals surface area contributed by atoms with Crippen LogP contribution in [-0.2, 0) is 37.3 Å². The van der Waals surface area contributed by atoms with E-state index in [4.69, 9.17) is 38.5 Å². The van der Waals surface area contributed by atoms with Crippen LogP contribution in [0.25, 0.3) is 11.2 Å². The van der Waals surface area contributed by atoms with Crippen LogP contribution in [0.1, 0.15) is 32.7 Å². The molecule has 1 unspecified atom stereocenters. The molecule has 8 atom stereocenters. The van der Waals surface area contributed by atoms with Crippen molar-refractivity contribution in [2.75, 3.05) is 32.0 Å². The second-order valence-corrected chi connectivity index (χ2v) is 14.6. The van der Waals surface area contributed by atoms with Gasteiger partial charge in [-0.05, 0) is 13.8 Å². The van der Waals surface area contributed by atoms with Crippen LogP contribution < -0.4 is 21.5 Å². The van der Waals surface area contributed by atoms with Crippen molar-refractivity contribution in [2.45, 2.75) is 69.3 Å². The zero-order valence-corrected chi connectivity index (χ0v) is 27.1. The molecule has 2 aliphatic heterocycles. The predicted octanol–water partition coefficient (Wildman–Crippen LogP) is -0.307. The lowest BCUT2D eigenvalue weighted by atomic mass is 10.1. The molecule has 20 nitrogen and oxygen atoms in total. The van der Waals surface area contributed by atoms with Crippen LogP contribution in [0.15, 0.2) is 34.5 Å². The fourth-order valence-electron chi connectivity index (χ4n) is 5.04. The van der Waals surface area contributed by atoms with Gasteiger partial charge in [0.15, 0.2) is 36.9 Å². The summed E-state index contributed by atoms with van der Waals surface area (Å²) in [6.07, 6.45) is -4.99. The number of hydrogen-bond donors (Lipinski definition) is 5. The number of ether oxygens (including phenoxy) is 5. The molecule has 47 heavy (non-hydrogen) atoms. The van der Waals surface area contributed by atoms with Crippen molar-refractivity contribution in [3.63, 3.8) is 0 Å². The molecule has 6 N–H and O–H groups in total. The van der Waals surface area contributed by atoms with Gasteiger partial charge < -0.3 is 39.6 Å². The SMILES string of the molecule is COC1[C@@H](O[P@](=O)(OC[C@H]2O[C@@H]([n+]3c[nH]c4c(N)ncnc43)C[C@H]2O)SCOC(=O)OC(C)C)[C@@H](CO)O[C@H]1n1ccc(=O)[nH]c1=O. The summed E-state index contributed by atoms with van der Waals surface area (Å²) in [5, 5.41) is 20.9. The Morgan fingerprint density at radius 1 is 1.28 bits per heavy atom. The zero-order valence-electron chi connectivity index (χ0n) is 25.4. The third kappa shape index (κ3) is 7.85. The Labute approximate surface area is 269 Å². The van der Waals surface area contributed by atoms with Crippen molar-refractivity contribution >= 4 is 41.3 Å². The number of nitrogen functional groups attached to an aromatic ring is 1. The summed E-state index contributed by atoms with van der Waals surface area (Å²) >= 11 is 0.481. The standard InChI is InChI=1S/C25H34N7O13PS/c1-12(2)42-25(37)40-11-47-46(38,45-19-14(7-33)44-23(20(19)39-3)31-5-4-16(35)30-24(31)36)41-8-15-13(34)6-17(43-15)32-10-29-18-21(26)27-9-28-22(18)32/h4-5,9-10,12-15,17,19-20,23,33-34H,6-8,11H2,1-3H3,(H3,26,27,28,30,35,36)/p+1/t13-,14-,15-,17-,19+,20?,23-,46+/m1/s1. The van der Waals surface area contributed by atoms with E-state index in [9.17, 15) is 29.2 Å². The normalized spacial score (nSPS) is 27.3. The van der Waals surface area contributed by atoms with E-state index >= 15 is 0 Å². The Hall–Kier alpha value is -3.40. The Morgan fingerprint density at radius 3 is 2.77 bits per heavy atom. The molecular weight excluding hydrogens is 669 g/mol. The highest BCUT2D eigenvalue weighted by molar-refractivity contribution is 8.55. The molecule has 2 aliphatic rings. The largest absolute Gasteiger partial charge is 0.509 e. The lowest BCUT2D eigenvalue weighted by Crippen LogP contribution is -2.40. The maximum absolute atomic E-state index is 14.2. The van der Waals surface area contributed by atoms with E-state index in [2.05, 4.69) is 19.9 Å². The zero-order chi connectivity index (χ0) is 33.9. The van der Waals surface area contributed by atoms with E-state index in [1.807, 2.05) is 0 Å². The number of aromatic nitrogens is 6. The number of H-pyrrole nitrogens is 2. The first-order chi connectivity index (χ1) is 22.4. The number of nitrogens with two attached hydrogens (primary N) is 1. The maximum atomic E-state index is 14.2. The summed E-state index contributed by atoms with van der Waals surface area (Å²) in [6, 6.07) is 1.09. The summed E-state index contributed by atoms with van der Waals surface area (Å²) in [4.78, 5) is 49.3. The van der Waals surface area contributed by atoms with Crippen LogP contribution in [0.2, 0.25) is 0 Å². The van der Waals surface area contributed by atoms with Crippen LogP contribution in [0.5, 0.6) is 0 Å². The molecule has 5 heterocycles. The number of rotatable bonds is 13. The fraction of sp³-hybridized carbons (Fsp3) is 0.600. The number of aliphatic hydroxyl groups excluding tert-OH is 2. The van der Waals surface area contributed by atoms with Crippen LogP contribution >= 0.6 is 18.2 Å². The highest BCUT2D eigenvalue weighted by Crippen LogP contribution is 2.63. The number of fused-ring (bicyclic) bond motifs is 1. The van der Waals surface area contributed by atoms with E-state index in [0.717, 1.165) is 10.6 Å². The summed E-state index contributed by atoms with van der Waals surface area (Å²) < 4.78 is 55.9. The van der Waals surface area contributed by atoms with Crippen molar-refractivity contribution in [2.24, 2.45) is 0 Å². The highest BCUT2D eigenvalue weighted by Gasteiger charge is 2.51. The molecular formula is C25H35N7O13PS+. The summed E-state index contributed by atoms with van der Waals surface area (Å²) in [6.45, 7) is -2.24. The molecule has 0 aliphatic carbocycles. The first-order valence-electron chi connectivity index (χ1n) is 14.3.